The quantitative estimate of drug-likeness (QED) is 0.714. The third-order valence-electron chi connectivity index (χ3n) is 2.56. The topological polar surface area (TPSA) is 96.7 Å². The number of aromatic nitrogens is 3. The highest BCUT2D eigenvalue weighted by Gasteiger charge is 2.20. The Bertz CT molecular complexity index is 642. The number of hydrogen-bond acceptors (Lipinski definition) is 5. The number of benzene rings is 1. The first-order valence-corrected chi connectivity index (χ1v) is 5.96. The summed E-state index contributed by atoms with van der Waals surface area (Å²) in [4.78, 5) is 14.6. The van der Waals surface area contributed by atoms with Gasteiger partial charge in [-0.05, 0) is 18.2 Å². The second-order valence-corrected chi connectivity index (χ2v) is 5.35. The van der Waals surface area contributed by atoms with E-state index in [9.17, 15) is 4.79 Å². The molecular formula is C13H17N5O. The number of anilines is 3. The lowest BCUT2D eigenvalue weighted by molar-refractivity contribution is 0.547. The molecule has 2 rings (SSSR count). The second-order valence-electron chi connectivity index (χ2n) is 5.35. The van der Waals surface area contributed by atoms with E-state index < -0.39 is 0 Å². The Morgan fingerprint density at radius 1 is 1.26 bits per heavy atom. The van der Waals surface area contributed by atoms with Crippen molar-refractivity contribution in [3.8, 4) is 0 Å². The highest BCUT2D eigenvalue weighted by Crippen LogP contribution is 2.17. The molecule has 19 heavy (non-hydrogen) atoms. The first-order chi connectivity index (χ1) is 8.86. The molecule has 1 aromatic carbocycles. The van der Waals surface area contributed by atoms with E-state index in [0.717, 1.165) is 5.69 Å². The molecule has 6 nitrogen and oxygen atoms in total. The molecule has 100 valence electrons. The van der Waals surface area contributed by atoms with E-state index in [-0.39, 0.29) is 11.0 Å². The van der Waals surface area contributed by atoms with Crippen LogP contribution in [0, 0.1) is 0 Å². The largest absolute Gasteiger partial charge is 0.399 e. The minimum Gasteiger partial charge on any atom is -0.399 e. The first kappa shape index (κ1) is 13.1. The summed E-state index contributed by atoms with van der Waals surface area (Å²) in [5.74, 6) is 0.295. The van der Waals surface area contributed by atoms with Crippen LogP contribution in [-0.2, 0) is 5.41 Å². The van der Waals surface area contributed by atoms with Gasteiger partial charge in [0.25, 0.3) is 5.56 Å². The normalized spacial score (nSPS) is 11.3. The number of nitrogens with two attached hydrogens (primary N) is 1. The number of nitrogens with one attached hydrogen (secondary N) is 2. The third kappa shape index (κ3) is 3.09. The Kier molecular flexibility index (Phi) is 3.25. The second kappa shape index (κ2) is 4.72. The van der Waals surface area contributed by atoms with Crippen LogP contribution in [0.2, 0.25) is 0 Å². The molecular weight excluding hydrogens is 242 g/mol. The summed E-state index contributed by atoms with van der Waals surface area (Å²) in [5, 5.41) is 10.9. The van der Waals surface area contributed by atoms with Crippen molar-refractivity contribution in [2.75, 3.05) is 11.1 Å². The van der Waals surface area contributed by atoms with Gasteiger partial charge < -0.3 is 11.1 Å². The number of nitrogens with zero attached hydrogens (tertiary/aromatic N) is 2. The Hall–Kier alpha value is -2.37. The van der Waals surface area contributed by atoms with Crippen LogP contribution in [-0.4, -0.2) is 15.2 Å². The average Bonchev–Trinajstić information content (AvgIpc) is 2.27. The molecule has 0 saturated carbocycles. The molecule has 2 aromatic rings. The Labute approximate surface area is 111 Å². The fourth-order valence-electron chi connectivity index (χ4n) is 1.64. The van der Waals surface area contributed by atoms with Gasteiger partial charge in [0.1, 0.15) is 5.69 Å². The molecule has 0 radical (unpaired) electrons. The van der Waals surface area contributed by atoms with E-state index in [1.54, 1.807) is 12.1 Å². The summed E-state index contributed by atoms with van der Waals surface area (Å²) in [6.45, 7) is 5.74. The van der Waals surface area contributed by atoms with Gasteiger partial charge in [-0.2, -0.15) is 0 Å². The predicted octanol–water partition coefficient (Wildman–Crippen LogP) is 1.79. The van der Waals surface area contributed by atoms with Crippen molar-refractivity contribution in [3.05, 3.63) is 40.3 Å². The SMILES string of the molecule is CC(C)(C)c1nnc(Nc2cccc(N)c2)[nH]c1=O. The third-order valence-corrected chi connectivity index (χ3v) is 2.56. The van der Waals surface area contributed by atoms with Crippen molar-refractivity contribution in [1.29, 1.82) is 0 Å². The predicted molar refractivity (Wildman–Crippen MR) is 75.5 cm³/mol. The van der Waals surface area contributed by atoms with Gasteiger partial charge in [0.2, 0.25) is 5.95 Å². The lowest BCUT2D eigenvalue weighted by Crippen LogP contribution is -2.28. The van der Waals surface area contributed by atoms with Gasteiger partial charge in [-0.1, -0.05) is 26.8 Å². The minimum atomic E-state index is -0.337. The first-order valence-electron chi connectivity index (χ1n) is 5.96. The van der Waals surface area contributed by atoms with Crippen LogP contribution < -0.4 is 16.6 Å². The van der Waals surface area contributed by atoms with Crippen molar-refractivity contribution in [2.45, 2.75) is 26.2 Å². The smallest absolute Gasteiger partial charge is 0.274 e. The van der Waals surface area contributed by atoms with E-state index >= 15 is 0 Å². The standard InChI is InChI=1S/C13H17N5O/c1-13(2,3)10-11(19)16-12(18-17-10)15-9-6-4-5-8(14)7-9/h4-7H,14H2,1-3H3,(H2,15,16,18,19). The maximum absolute atomic E-state index is 11.9. The molecule has 1 heterocycles. The summed E-state index contributed by atoms with van der Waals surface area (Å²) in [7, 11) is 0. The highest BCUT2D eigenvalue weighted by molar-refractivity contribution is 5.59. The zero-order valence-electron chi connectivity index (χ0n) is 11.2. The molecule has 0 saturated heterocycles. The average molecular weight is 259 g/mol. The Morgan fingerprint density at radius 3 is 2.58 bits per heavy atom. The molecule has 6 heteroatoms. The van der Waals surface area contributed by atoms with E-state index in [1.807, 2.05) is 32.9 Å². The van der Waals surface area contributed by atoms with Crippen molar-refractivity contribution in [1.82, 2.24) is 15.2 Å². The van der Waals surface area contributed by atoms with Crippen molar-refractivity contribution in [2.24, 2.45) is 0 Å². The number of aromatic amines is 1. The van der Waals surface area contributed by atoms with Crippen LogP contribution in [0.3, 0.4) is 0 Å². The number of hydrogen-bond donors (Lipinski definition) is 3. The summed E-state index contributed by atoms with van der Waals surface area (Å²) >= 11 is 0. The maximum Gasteiger partial charge on any atom is 0.274 e. The van der Waals surface area contributed by atoms with Crippen LogP contribution in [0.1, 0.15) is 26.5 Å². The van der Waals surface area contributed by atoms with E-state index in [4.69, 9.17) is 5.73 Å². The lowest BCUT2D eigenvalue weighted by atomic mass is 9.93. The van der Waals surface area contributed by atoms with E-state index in [0.29, 0.717) is 17.3 Å². The summed E-state index contributed by atoms with van der Waals surface area (Å²) < 4.78 is 0. The number of rotatable bonds is 2. The number of H-pyrrole nitrogens is 1. The van der Waals surface area contributed by atoms with Gasteiger partial charge in [0.05, 0.1) is 0 Å². The molecule has 0 aliphatic heterocycles. The molecule has 0 aliphatic carbocycles. The van der Waals surface area contributed by atoms with Crippen LogP contribution in [0.25, 0.3) is 0 Å². The van der Waals surface area contributed by atoms with Crippen LogP contribution >= 0.6 is 0 Å². The lowest BCUT2D eigenvalue weighted by Gasteiger charge is -2.15. The van der Waals surface area contributed by atoms with Crippen LogP contribution in [0.4, 0.5) is 17.3 Å². The zero-order chi connectivity index (χ0) is 14.0. The van der Waals surface area contributed by atoms with Crippen molar-refractivity contribution >= 4 is 17.3 Å². The van der Waals surface area contributed by atoms with Gasteiger partial charge in [-0.15, -0.1) is 10.2 Å². The van der Waals surface area contributed by atoms with Crippen molar-refractivity contribution in [3.63, 3.8) is 0 Å². The highest BCUT2D eigenvalue weighted by atomic mass is 16.1. The molecule has 0 unspecified atom stereocenters. The molecule has 0 fully saturated rings. The van der Waals surface area contributed by atoms with Gasteiger partial charge >= 0.3 is 0 Å². The maximum atomic E-state index is 11.9. The molecule has 1 aromatic heterocycles. The Morgan fingerprint density at radius 2 is 2.00 bits per heavy atom. The van der Waals surface area contributed by atoms with Crippen LogP contribution in [0.5, 0.6) is 0 Å². The van der Waals surface area contributed by atoms with Crippen molar-refractivity contribution < 1.29 is 0 Å². The summed E-state index contributed by atoms with van der Waals surface area (Å²) in [5.41, 5.74) is 6.88. The fraction of sp³-hybridized carbons (Fsp3) is 0.308. The van der Waals surface area contributed by atoms with Crippen LogP contribution in [0.15, 0.2) is 29.1 Å². The van der Waals surface area contributed by atoms with Gasteiger partial charge in [-0.25, -0.2) is 0 Å². The molecule has 0 spiro atoms. The van der Waals surface area contributed by atoms with Gasteiger partial charge in [-0.3, -0.25) is 9.78 Å². The molecule has 0 bridgehead atoms. The van der Waals surface area contributed by atoms with Gasteiger partial charge in [0.15, 0.2) is 0 Å². The van der Waals surface area contributed by atoms with Gasteiger partial charge in [0, 0.05) is 16.8 Å². The summed E-state index contributed by atoms with van der Waals surface area (Å²) in [6, 6.07) is 7.17. The summed E-state index contributed by atoms with van der Waals surface area (Å²) in [6.07, 6.45) is 0. The molecule has 0 aliphatic rings. The molecule has 4 N–H and O–H groups in total. The minimum absolute atomic E-state index is 0.242. The van der Waals surface area contributed by atoms with E-state index in [1.165, 1.54) is 0 Å². The molecule has 0 amide bonds. The molecule has 0 atom stereocenters. The van der Waals surface area contributed by atoms with E-state index in [2.05, 4.69) is 20.5 Å². The Balaban J connectivity index is 2.29. The number of nitrogen functional groups attached to an aromatic ring is 1. The fourth-order valence-corrected chi connectivity index (χ4v) is 1.64. The monoisotopic (exact) mass is 259 g/mol. The zero-order valence-corrected chi connectivity index (χ0v) is 11.2.